The van der Waals surface area contributed by atoms with Crippen LogP contribution in [0.1, 0.15) is 0 Å². The molecule has 0 aliphatic heterocycles. The number of pyridine rings is 1. The summed E-state index contributed by atoms with van der Waals surface area (Å²) in [5.74, 6) is 1.15. The third kappa shape index (κ3) is 3.61. The number of nitrogens with one attached hydrogen (secondary N) is 1. The number of hydrogen-bond acceptors (Lipinski definition) is 4. The number of hydrogen-bond donors (Lipinski definition) is 1. The molecule has 0 atom stereocenters. The lowest BCUT2D eigenvalue weighted by Gasteiger charge is -2.14. The molecule has 0 saturated heterocycles. The van der Waals surface area contributed by atoms with E-state index in [4.69, 9.17) is 9.57 Å². The number of anilines is 1. The van der Waals surface area contributed by atoms with Gasteiger partial charge in [0.1, 0.15) is 5.75 Å². The van der Waals surface area contributed by atoms with Crippen LogP contribution in [0.25, 0.3) is 10.8 Å². The molecule has 2 aromatic carbocycles. The van der Waals surface area contributed by atoms with Crippen LogP contribution < -0.4 is 10.1 Å². The number of hydroxylamine groups is 2. The van der Waals surface area contributed by atoms with Crippen molar-refractivity contribution in [3.05, 3.63) is 60.8 Å². The molecule has 122 valence electrons. The van der Waals surface area contributed by atoms with E-state index in [9.17, 15) is 4.79 Å². The first kappa shape index (κ1) is 15.8. The van der Waals surface area contributed by atoms with Crippen LogP contribution >= 0.6 is 0 Å². The van der Waals surface area contributed by atoms with Crippen LogP contribution in [0.4, 0.5) is 10.5 Å². The van der Waals surface area contributed by atoms with Gasteiger partial charge in [-0.1, -0.05) is 30.3 Å². The molecule has 0 spiro atoms. The Bertz CT molecular complexity index is 850. The van der Waals surface area contributed by atoms with Crippen molar-refractivity contribution in [1.82, 2.24) is 10.0 Å². The summed E-state index contributed by atoms with van der Waals surface area (Å²) in [6, 6.07) is 16.9. The van der Waals surface area contributed by atoms with E-state index >= 15 is 0 Å². The fourth-order valence-electron chi connectivity index (χ4n) is 2.15. The largest absolute Gasteiger partial charge is 0.439 e. The van der Waals surface area contributed by atoms with E-state index in [1.807, 2.05) is 42.5 Å². The lowest BCUT2D eigenvalue weighted by atomic mass is 10.1. The Balaban J connectivity index is 1.70. The van der Waals surface area contributed by atoms with Gasteiger partial charge in [0.2, 0.25) is 5.88 Å². The quantitative estimate of drug-likeness (QED) is 0.736. The van der Waals surface area contributed by atoms with Crippen molar-refractivity contribution >= 4 is 22.5 Å². The van der Waals surface area contributed by atoms with Gasteiger partial charge in [-0.05, 0) is 29.0 Å². The number of aromatic nitrogens is 1. The number of amides is 2. The van der Waals surface area contributed by atoms with Crippen LogP contribution in [0.5, 0.6) is 11.6 Å². The summed E-state index contributed by atoms with van der Waals surface area (Å²) in [5, 5.41) is 5.98. The van der Waals surface area contributed by atoms with Crippen molar-refractivity contribution in [1.29, 1.82) is 0 Å². The van der Waals surface area contributed by atoms with Gasteiger partial charge in [0.25, 0.3) is 0 Å². The standard InChI is InChI=1S/C18H17N3O3/c1-21(23-2)18(22)20-15-8-10-17(19-12-15)24-16-9-7-13-5-3-4-6-14(13)11-16/h3-12H,1-2H3,(H,20,22). The zero-order chi connectivity index (χ0) is 16.9. The summed E-state index contributed by atoms with van der Waals surface area (Å²) in [7, 11) is 2.93. The van der Waals surface area contributed by atoms with Crippen LogP contribution in [0.3, 0.4) is 0 Å². The molecule has 0 bridgehead atoms. The fourth-order valence-corrected chi connectivity index (χ4v) is 2.15. The monoisotopic (exact) mass is 323 g/mol. The average molecular weight is 323 g/mol. The number of benzene rings is 2. The minimum Gasteiger partial charge on any atom is -0.439 e. The maximum Gasteiger partial charge on any atom is 0.345 e. The number of nitrogens with zero attached hydrogens (tertiary/aromatic N) is 2. The van der Waals surface area contributed by atoms with E-state index in [2.05, 4.69) is 10.3 Å². The van der Waals surface area contributed by atoms with Gasteiger partial charge in [-0.15, -0.1) is 0 Å². The molecule has 1 aromatic heterocycles. The third-order valence-corrected chi connectivity index (χ3v) is 3.49. The smallest absolute Gasteiger partial charge is 0.345 e. The molecule has 1 N–H and O–H groups in total. The number of fused-ring (bicyclic) bond motifs is 1. The molecular weight excluding hydrogens is 306 g/mol. The summed E-state index contributed by atoms with van der Waals surface area (Å²) in [5.41, 5.74) is 0.551. The molecule has 1 heterocycles. The molecule has 0 aliphatic carbocycles. The number of urea groups is 1. The second-order valence-electron chi connectivity index (χ2n) is 5.11. The first-order valence-electron chi connectivity index (χ1n) is 7.37. The second kappa shape index (κ2) is 6.97. The first-order chi connectivity index (χ1) is 11.7. The lowest BCUT2D eigenvalue weighted by Crippen LogP contribution is -2.30. The molecule has 6 nitrogen and oxygen atoms in total. The highest BCUT2D eigenvalue weighted by atomic mass is 16.7. The van der Waals surface area contributed by atoms with Gasteiger partial charge >= 0.3 is 6.03 Å². The zero-order valence-electron chi connectivity index (χ0n) is 13.4. The van der Waals surface area contributed by atoms with Gasteiger partial charge in [0.15, 0.2) is 0 Å². The predicted molar refractivity (Wildman–Crippen MR) is 92.0 cm³/mol. The van der Waals surface area contributed by atoms with Crippen molar-refractivity contribution in [2.24, 2.45) is 0 Å². The van der Waals surface area contributed by atoms with Crippen LogP contribution in [0.2, 0.25) is 0 Å². The normalized spacial score (nSPS) is 10.4. The van der Waals surface area contributed by atoms with E-state index in [0.717, 1.165) is 15.8 Å². The highest BCUT2D eigenvalue weighted by Crippen LogP contribution is 2.25. The Morgan fingerprint density at radius 2 is 1.88 bits per heavy atom. The molecule has 0 unspecified atom stereocenters. The predicted octanol–water partition coefficient (Wildman–Crippen LogP) is 4.05. The summed E-state index contributed by atoms with van der Waals surface area (Å²) in [6.45, 7) is 0. The number of carbonyl (C=O) groups excluding carboxylic acids is 1. The van der Waals surface area contributed by atoms with E-state index in [0.29, 0.717) is 17.3 Å². The molecule has 24 heavy (non-hydrogen) atoms. The highest BCUT2D eigenvalue weighted by Gasteiger charge is 2.08. The highest BCUT2D eigenvalue weighted by molar-refractivity contribution is 5.88. The molecular formula is C18H17N3O3. The van der Waals surface area contributed by atoms with Gasteiger partial charge in [-0.2, -0.15) is 0 Å². The Kier molecular flexibility index (Phi) is 4.58. The van der Waals surface area contributed by atoms with Crippen molar-refractivity contribution in [2.45, 2.75) is 0 Å². The van der Waals surface area contributed by atoms with Gasteiger partial charge in [-0.3, -0.25) is 4.84 Å². The second-order valence-corrected chi connectivity index (χ2v) is 5.11. The van der Waals surface area contributed by atoms with E-state index in [1.54, 1.807) is 12.1 Å². The molecule has 6 heteroatoms. The molecule has 0 aliphatic rings. The molecule has 2 amide bonds. The topological polar surface area (TPSA) is 63.7 Å². The van der Waals surface area contributed by atoms with Crippen molar-refractivity contribution in [3.8, 4) is 11.6 Å². The van der Waals surface area contributed by atoms with Gasteiger partial charge in [-0.25, -0.2) is 14.8 Å². The fraction of sp³-hybridized carbons (Fsp3) is 0.111. The molecule has 3 rings (SSSR count). The molecule has 3 aromatic rings. The minimum atomic E-state index is -0.387. The Labute approximate surface area is 139 Å². The maximum absolute atomic E-state index is 11.7. The van der Waals surface area contributed by atoms with Crippen molar-refractivity contribution < 1.29 is 14.4 Å². The zero-order valence-corrected chi connectivity index (χ0v) is 13.4. The van der Waals surface area contributed by atoms with Gasteiger partial charge in [0.05, 0.1) is 19.0 Å². The number of carbonyl (C=O) groups is 1. The van der Waals surface area contributed by atoms with Gasteiger partial charge < -0.3 is 10.1 Å². The molecule has 0 saturated carbocycles. The van der Waals surface area contributed by atoms with Crippen molar-refractivity contribution in [3.63, 3.8) is 0 Å². The van der Waals surface area contributed by atoms with Crippen LogP contribution in [0, 0.1) is 0 Å². The number of ether oxygens (including phenoxy) is 1. The first-order valence-corrected chi connectivity index (χ1v) is 7.37. The van der Waals surface area contributed by atoms with E-state index in [-0.39, 0.29) is 6.03 Å². The summed E-state index contributed by atoms with van der Waals surface area (Å²) in [4.78, 5) is 20.7. The van der Waals surface area contributed by atoms with E-state index < -0.39 is 0 Å². The Morgan fingerprint density at radius 1 is 1.08 bits per heavy atom. The Morgan fingerprint density at radius 3 is 2.58 bits per heavy atom. The molecule has 0 fully saturated rings. The maximum atomic E-state index is 11.7. The third-order valence-electron chi connectivity index (χ3n) is 3.49. The minimum absolute atomic E-state index is 0.387. The van der Waals surface area contributed by atoms with Crippen LogP contribution in [0.15, 0.2) is 60.8 Å². The summed E-state index contributed by atoms with van der Waals surface area (Å²) in [6.07, 6.45) is 1.53. The summed E-state index contributed by atoms with van der Waals surface area (Å²) >= 11 is 0. The SMILES string of the molecule is CON(C)C(=O)Nc1ccc(Oc2ccc3ccccc3c2)nc1. The van der Waals surface area contributed by atoms with Crippen LogP contribution in [-0.4, -0.2) is 30.2 Å². The molecule has 0 radical (unpaired) electrons. The van der Waals surface area contributed by atoms with E-state index in [1.165, 1.54) is 20.4 Å². The van der Waals surface area contributed by atoms with Gasteiger partial charge in [0, 0.05) is 13.1 Å². The lowest BCUT2D eigenvalue weighted by molar-refractivity contribution is -0.0598. The van der Waals surface area contributed by atoms with Crippen LogP contribution in [-0.2, 0) is 4.84 Å². The summed E-state index contributed by atoms with van der Waals surface area (Å²) < 4.78 is 5.76. The van der Waals surface area contributed by atoms with Crippen molar-refractivity contribution in [2.75, 3.05) is 19.5 Å². The Hall–Kier alpha value is -3.12. The average Bonchev–Trinajstić information content (AvgIpc) is 2.62. The number of rotatable bonds is 4.